The van der Waals surface area contributed by atoms with Crippen LogP contribution < -0.4 is 10.1 Å². The van der Waals surface area contributed by atoms with Gasteiger partial charge in [0.25, 0.3) is 0 Å². The summed E-state index contributed by atoms with van der Waals surface area (Å²) in [7, 11) is 3.40. The molecular formula is C15H12BrN5O. The molecule has 22 heavy (non-hydrogen) atoms. The van der Waals surface area contributed by atoms with Crippen LogP contribution in [0.15, 0.2) is 30.3 Å². The molecule has 110 valence electrons. The van der Waals surface area contributed by atoms with Gasteiger partial charge in [0.1, 0.15) is 22.5 Å². The number of nitriles is 3. The molecule has 0 radical (unpaired) electrons. The smallest absolute Gasteiger partial charge is 0.181 e. The number of rotatable bonds is 3. The first-order valence-electron chi connectivity index (χ1n) is 6.02. The van der Waals surface area contributed by atoms with E-state index in [4.69, 9.17) is 20.5 Å². The first-order chi connectivity index (χ1) is 10.6. The third kappa shape index (κ3) is 3.79. The molecule has 0 amide bonds. The van der Waals surface area contributed by atoms with Gasteiger partial charge in [-0.2, -0.15) is 15.8 Å². The van der Waals surface area contributed by atoms with Crippen LogP contribution in [0, 0.1) is 33.0 Å². The quantitative estimate of drug-likeness (QED) is 0.670. The van der Waals surface area contributed by atoms with Gasteiger partial charge >= 0.3 is 0 Å². The third-order valence-electron chi connectivity index (χ3n) is 2.91. The van der Waals surface area contributed by atoms with E-state index in [1.54, 1.807) is 34.9 Å². The molecule has 0 aliphatic carbocycles. The normalized spacial score (nSPS) is 8.55. The van der Waals surface area contributed by atoms with Crippen molar-refractivity contribution in [1.29, 1.82) is 15.8 Å². The van der Waals surface area contributed by atoms with Gasteiger partial charge in [-0.3, -0.25) is 5.32 Å². The molecule has 0 atom stereocenters. The lowest BCUT2D eigenvalue weighted by Crippen LogP contribution is -1.97. The van der Waals surface area contributed by atoms with Crippen LogP contribution in [0.5, 0.6) is 5.75 Å². The van der Waals surface area contributed by atoms with E-state index in [2.05, 4.69) is 27.3 Å². The van der Waals surface area contributed by atoms with Crippen LogP contribution in [0.25, 0.3) is 11.3 Å². The van der Waals surface area contributed by atoms with E-state index in [0.717, 1.165) is 11.3 Å². The Morgan fingerprint density at radius 2 is 1.86 bits per heavy atom. The predicted octanol–water partition coefficient (Wildman–Crippen LogP) is 3.33. The van der Waals surface area contributed by atoms with Crippen LogP contribution in [-0.4, -0.2) is 11.7 Å². The van der Waals surface area contributed by atoms with E-state index in [-0.39, 0.29) is 0 Å². The molecule has 0 unspecified atom stereocenters. The highest BCUT2D eigenvalue weighted by Crippen LogP contribution is 2.33. The molecule has 0 bridgehead atoms. The Kier molecular flexibility index (Phi) is 6.50. The van der Waals surface area contributed by atoms with E-state index in [0.29, 0.717) is 17.1 Å². The molecule has 1 heterocycles. The molecule has 2 aromatic rings. The number of nitrogens with zero attached hydrogens (tertiary/aromatic N) is 4. The van der Waals surface area contributed by atoms with Gasteiger partial charge < -0.3 is 9.30 Å². The fourth-order valence-electron chi connectivity index (χ4n) is 1.94. The number of ether oxygens (including phenoxy) is 1. The van der Waals surface area contributed by atoms with Crippen LogP contribution in [0.2, 0.25) is 0 Å². The lowest BCUT2D eigenvalue weighted by molar-refractivity contribution is 0.416. The zero-order chi connectivity index (χ0) is 16.5. The molecule has 6 nitrogen and oxygen atoms in total. The molecule has 7 heteroatoms. The minimum atomic E-state index is 0.580. The Balaban J connectivity index is 0.000000745. The summed E-state index contributed by atoms with van der Waals surface area (Å²) in [5, 5.41) is 27.4. The number of aromatic nitrogens is 1. The van der Waals surface area contributed by atoms with Crippen LogP contribution in [0.1, 0.15) is 5.69 Å². The number of nitrogens with one attached hydrogen (secondary N) is 1. The molecule has 0 saturated carbocycles. The van der Waals surface area contributed by atoms with Gasteiger partial charge in [-0.25, -0.2) is 0 Å². The summed E-state index contributed by atoms with van der Waals surface area (Å²) in [4.78, 5) is 1.56. The van der Waals surface area contributed by atoms with E-state index in [1.807, 2.05) is 25.4 Å². The summed E-state index contributed by atoms with van der Waals surface area (Å²) >= 11 is 2.45. The average molecular weight is 358 g/mol. The van der Waals surface area contributed by atoms with Gasteiger partial charge in [0, 0.05) is 34.6 Å². The number of methoxy groups -OCH3 is 1. The third-order valence-corrected chi connectivity index (χ3v) is 2.91. The fourth-order valence-corrected chi connectivity index (χ4v) is 1.94. The largest absolute Gasteiger partial charge is 0.496 e. The fraction of sp³-hybridized carbons (Fsp3) is 0.133. The minimum absolute atomic E-state index is 0.580. The van der Waals surface area contributed by atoms with Gasteiger partial charge in [-0.05, 0) is 24.3 Å². The SMILES string of the molecule is COc1cc(NC#N)ccc1-c1ccc(C#N)n1C.N#CBr. The summed E-state index contributed by atoms with van der Waals surface area (Å²) in [5.41, 5.74) is 3.00. The van der Waals surface area contributed by atoms with Crippen molar-refractivity contribution in [2.75, 3.05) is 12.4 Å². The van der Waals surface area contributed by atoms with Gasteiger partial charge in [-0.1, -0.05) is 0 Å². The van der Waals surface area contributed by atoms with Crippen molar-refractivity contribution in [3.05, 3.63) is 36.0 Å². The van der Waals surface area contributed by atoms with Gasteiger partial charge in [-0.15, -0.1) is 0 Å². The van der Waals surface area contributed by atoms with E-state index < -0.39 is 0 Å². The first kappa shape index (κ1) is 17.1. The summed E-state index contributed by atoms with van der Waals surface area (Å²) in [5.74, 6) is 0.644. The number of hydrogen-bond acceptors (Lipinski definition) is 5. The molecule has 2 rings (SSSR count). The topological polar surface area (TPSA) is 97.6 Å². The molecule has 0 fully saturated rings. The van der Waals surface area contributed by atoms with Crippen molar-refractivity contribution in [2.45, 2.75) is 0 Å². The van der Waals surface area contributed by atoms with Crippen molar-refractivity contribution in [1.82, 2.24) is 4.57 Å². The zero-order valence-corrected chi connectivity index (χ0v) is 13.5. The van der Waals surface area contributed by atoms with Crippen LogP contribution in [-0.2, 0) is 7.05 Å². The van der Waals surface area contributed by atoms with E-state index in [9.17, 15) is 0 Å². The molecule has 1 aromatic heterocycles. The maximum Gasteiger partial charge on any atom is 0.181 e. The Hall–Kier alpha value is -2.95. The molecule has 1 N–H and O–H groups in total. The molecule has 1 aromatic carbocycles. The molecule has 0 spiro atoms. The predicted molar refractivity (Wildman–Crippen MR) is 85.9 cm³/mol. The second-order valence-corrected chi connectivity index (χ2v) is 4.37. The second-order valence-electron chi connectivity index (χ2n) is 4.01. The van der Waals surface area contributed by atoms with E-state index in [1.165, 1.54) is 0 Å². The average Bonchev–Trinajstić information content (AvgIpc) is 2.89. The van der Waals surface area contributed by atoms with Crippen molar-refractivity contribution in [3.8, 4) is 34.2 Å². The molecule has 0 saturated heterocycles. The summed E-state index contributed by atoms with van der Waals surface area (Å²) in [6, 6.07) is 11.1. The number of benzene rings is 1. The van der Waals surface area contributed by atoms with Crippen LogP contribution >= 0.6 is 15.9 Å². The zero-order valence-electron chi connectivity index (χ0n) is 12.0. The Morgan fingerprint density at radius 1 is 1.18 bits per heavy atom. The van der Waals surface area contributed by atoms with E-state index >= 15 is 0 Å². The minimum Gasteiger partial charge on any atom is -0.496 e. The Bertz CT molecular complexity index is 777. The Labute approximate surface area is 136 Å². The van der Waals surface area contributed by atoms with Gasteiger partial charge in [0.2, 0.25) is 0 Å². The molecule has 0 aliphatic heterocycles. The maximum atomic E-state index is 8.97. The standard InChI is InChI=1S/C14H12N4O.CBrN/c1-18-11(8-15)4-6-13(18)12-5-3-10(17-9-16)7-14(12)19-2;2-1-3/h3-7,17H,1-2H3;. The Morgan fingerprint density at radius 3 is 2.36 bits per heavy atom. The van der Waals surface area contributed by atoms with Crippen molar-refractivity contribution < 1.29 is 4.74 Å². The maximum absolute atomic E-state index is 8.97. The number of hydrogen-bond donors (Lipinski definition) is 1. The van der Waals surface area contributed by atoms with Crippen LogP contribution in [0.4, 0.5) is 5.69 Å². The van der Waals surface area contributed by atoms with Gasteiger partial charge in [0.15, 0.2) is 6.19 Å². The summed E-state index contributed by atoms with van der Waals surface area (Å²) < 4.78 is 7.14. The van der Waals surface area contributed by atoms with Crippen molar-refractivity contribution in [3.63, 3.8) is 0 Å². The van der Waals surface area contributed by atoms with Crippen molar-refractivity contribution >= 4 is 21.6 Å². The summed E-state index contributed by atoms with van der Waals surface area (Å²) in [6.45, 7) is 0. The lowest BCUT2D eigenvalue weighted by atomic mass is 10.1. The number of anilines is 1. The monoisotopic (exact) mass is 357 g/mol. The lowest BCUT2D eigenvalue weighted by Gasteiger charge is -2.11. The highest BCUT2D eigenvalue weighted by atomic mass is 79.9. The molecular weight excluding hydrogens is 346 g/mol. The summed E-state index contributed by atoms with van der Waals surface area (Å²) in [6.07, 6.45) is 1.87. The second kappa shape index (κ2) is 8.36. The highest BCUT2D eigenvalue weighted by molar-refractivity contribution is 9.12. The number of halogens is 1. The first-order valence-corrected chi connectivity index (χ1v) is 6.81. The molecule has 0 aliphatic rings. The van der Waals surface area contributed by atoms with Crippen molar-refractivity contribution in [2.24, 2.45) is 7.05 Å². The van der Waals surface area contributed by atoms with Gasteiger partial charge in [0.05, 0.1) is 18.5 Å². The van der Waals surface area contributed by atoms with Crippen LogP contribution in [0.3, 0.4) is 0 Å². The highest BCUT2D eigenvalue weighted by Gasteiger charge is 2.12.